The van der Waals surface area contributed by atoms with E-state index in [1.54, 1.807) is 20.8 Å². The minimum atomic E-state index is -3.70. The van der Waals surface area contributed by atoms with E-state index < -0.39 is 15.9 Å². The highest BCUT2D eigenvalue weighted by molar-refractivity contribution is 7.89. The van der Waals surface area contributed by atoms with Crippen molar-refractivity contribution in [2.75, 3.05) is 13.7 Å². The maximum absolute atomic E-state index is 12.3. The Labute approximate surface area is 164 Å². The number of aromatic amines is 1. The fourth-order valence-corrected chi connectivity index (χ4v) is 4.00. The number of H-pyrrole nitrogens is 1. The first-order chi connectivity index (χ1) is 13.1. The Bertz CT molecular complexity index is 997. The number of aryl methyl sites for hydroxylation is 2. The molecular weight excluding hydrogens is 382 g/mol. The first-order valence-electron chi connectivity index (χ1n) is 8.73. The zero-order valence-electron chi connectivity index (χ0n) is 16.3. The molecule has 0 aliphatic heterocycles. The van der Waals surface area contributed by atoms with Gasteiger partial charge in [-0.25, -0.2) is 13.1 Å². The third-order valence-corrected chi connectivity index (χ3v) is 5.72. The Kier molecular flexibility index (Phi) is 7.11. The maximum Gasteiger partial charge on any atom is 0.253 e. The minimum Gasteiger partial charge on any atom is -0.383 e. The molecule has 0 saturated carbocycles. The number of benzene rings is 1. The van der Waals surface area contributed by atoms with Crippen molar-refractivity contribution in [2.45, 2.75) is 38.3 Å². The molecule has 28 heavy (non-hydrogen) atoms. The molecule has 0 saturated heterocycles. The van der Waals surface area contributed by atoms with Crippen LogP contribution in [0.4, 0.5) is 0 Å². The summed E-state index contributed by atoms with van der Waals surface area (Å²) in [5, 5.41) is 2.68. The monoisotopic (exact) mass is 407 g/mol. The van der Waals surface area contributed by atoms with Gasteiger partial charge in [-0.3, -0.25) is 9.59 Å². The minimum absolute atomic E-state index is 0.0535. The van der Waals surface area contributed by atoms with E-state index >= 15 is 0 Å². The predicted molar refractivity (Wildman–Crippen MR) is 106 cm³/mol. The normalized spacial score (nSPS) is 12.6. The molecule has 0 spiro atoms. The molecule has 0 radical (unpaired) electrons. The van der Waals surface area contributed by atoms with Gasteiger partial charge in [0, 0.05) is 36.5 Å². The van der Waals surface area contributed by atoms with Gasteiger partial charge in [-0.05, 0) is 56.7 Å². The van der Waals surface area contributed by atoms with Crippen LogP contribution in [-0.4, -0.2) is 39.1 Å². The second-order valence-electron chi connectivity index (χ2n) is 6.63. The number of sulfonamides is 1. The average Bonchev–Trinajstić information content (AvgIpc) is 2.60. The van der Waals surface area contributed by atoms with Crippen LogP contribution in [0.2, 0.25) is 0 Å². The smallest absolute Gasteiger partial charge is 0.253 e. The molecular formula is C19H25N3O5S. The summed E-state index contributed by atoms with van der Waals surface area (Å²) in [4.78, 5) is 27.1. The van der Waals surface area contributed by atoms with Crippen molar-refractivity contribution >= 4 is 15.9 Å². The second kappa shape index (κ2) is 9.13. The lowest BCUT2D eigenvalue weighted by Gasteiger charge is -2.13. The molecule has 3 N–H and O–H groups in total. The van der Waals surface area contributed by atoms with Crippen LogP contribution >= 0.6 is 0 Å². The molecule has 1 heterocycles. The third-order valence-electron chi connectivity index (χ3n) is 4.12. The summed E-state index contributed by atoms with van der Waals surface area (Å²) in [5.74, 6) is -0.399. The number of pyridine rings is 1. The molecule has 0 bridgehead atoms. The lowest BCUT2D eigenvalue weighted by molar-refractivity contribution is 0.0950. The fourth-order valence-electron chi connectivity index (χ4n) is 2.77. The largest absolute Gasteiger partial charge is 0.383 e. The number of carbonyl (C=O) groups is 1. The third kappa shape index (κ3) is 5.51. The molecule has 2 aromatic rings. The number of rotatable bonds is 8. The Morgan fingerprint density at radius 2 is 1.86 bits per heavy atom. The Balaban J connectivity index is 2.07. The lowest BCUT2D eigenvalue weighted by atomic mass is 10.1. The van der Waals surface area contributed by atoms with Crippen LogP contribution in [0.1, 0.15) is 34.1 Å². The van der Waals surface area contributed by atoms with Crippen molar-refractivity contribution in [3.8, 4) is 0 Å². The van der Waals surface area contributed by atoms with E-state index in [0.29, 0.717) is 11.1 Å². The van der Waals surface area contributed by atoms with Crippen molar-refractivity contribution in [3.05, 3.63) is 63.1 Å². The van der Waals surface area contributed by atoms with Gasteiger partial charge in [-0.15, -0.1) is 0 Å². The molecule has 0 aliphatic rings. The summed E-state index contributed by atoms with van der Waals surface area (Å²) >= 11 is 0. The van der Waals surface area contributed by atoms with Crippen molar-refractivity contribution in [1.29, 1.82) is 0 Å². The van der Waals surface area contributed by atoms with Crippen LogP contribution in [0.15, 0.2) is 40.0 Å². The Morgan fingerprint density at radius 1 is 1.21 bits per heavy atom. The van der Waals surface area contributed by atoms with Gasteiger partial charge < -0.3 is 15.0 Å². The van der Waals surface area contributed by atoms with Crippen LogP contribution in [0.5, 0.6) is 0 Å². The van der Waals surface area contributed by atoms with Gasteiger partial charge in [-0.2, -0.15) is 0 Å². The van der Waals surface area contributed by atoms with E-state index in [4.69, 9.17) is 4.74 Å². The average molecular weight is 407 g/mol. The highest BCUT2D eigenvalue weighted by Crippen LogP contribution is 2.12. The molecule has 9 heteroatoms. The van der Waals surface area contributed by atoms with E-state index in [2.05, 4.69) is 15.0 Å². The molecule has 0 unspecified atom stereocenters. The second-order valence-corrected chi connectivity index (χ2v) is 8.34. The molecule has 0 aliphatic carbocycles. The molecule has 0 fully saturated rings. The number of ether oxygens (including phenoxy) is 1. The van der Waals surface area contributed by atoms with Gasteiger partial charge in [0.05, 0.1) is 11.5 Å². The highest BCUT2D eigenvalue weighted by Gasteiger charge is 2.18. The topological polar surface area (TPSA) is 117 Å². The Hall–Kier alpha value is -2.49. The van der Waals surface area contributed by atoms with E-state index in [1.165, 1.54) is 31.4 Å². The summed E-state index contributed by atoms with van der Waals surface area (Å²) in [6, 6.07) is 7.03. The van der Waals surface area contributed by atoms with Crippen molar-refractivity contribution in [3.63, 3.8) is 0 Å². The van der Waals surface area contributed by atoms with E-state index in [-0.39, 0.29) is 29.6 Å². The number of hydrogen-bond acceptors (Lipinski definition) is 5. The van der Waals surface area contributed by atoms with Gasteiger partial charge in [0.1, 0.15) is 0 Å². The lowest BCUT2D eigenvalue weighted by Crippen LogP contribution is -2.35. The van der Waals surface area contributed by atoms with Crippen molar-refractivity contribution in [2.24, 2.45) is 0 Å². The SMILES string of the molecule is COC[C@@H](C)NS(=O)(=O)c1ccc(C(=O)NCc2c(C)cc(C)[nH]c2=O)cc1. The quantitative estimate of drug-likeness (QED) is 0.608. The summed E-state index contributed by atoms with van der Waals surface area (Å²) < 4.78 is 32.0. The van der Waals surface area contributed by atoms with Crippen LogP contribution in [0, 0.1) is 13.8 Å². The first kappa shape index (κ1) is 21.8. The van der Waals surface area contributed by atoms with E-state index in [0.717, 1.165) is 11.3 Å². The standard InChI is InChI=1S/C19H25N3O5S/c1-12-9-13(2)21-19(24)17(12)10-20-18(23)15-5-7-16(8-6-15)28(25,26)22-14(3)11-27-4/h5-9,14,22H,10-11H2,1-4H3,(H,20,23)(H,21,24)/t14-/m1/s1. The molecule has 8 nitrogen and oxygen atoms in total. The number of methoxy groups -OCH3 is 1. The first-order valence-corrected chi connectivity index (χ1v) is 10.2. The number of aromatic nitrogens is 1. The number of amides is 1. The van der Waals surface area contributed by atoms with Crippen LogP contribution < -0.4 is 15.6 Å². The molecule has 2 rings (SSSR count). The van der Waals surface area contributed by atoms with Crippen LogP contribution in [0.25, 0.3) is 0 Å². The highest BCUT2D eigenvalue weighted by atomic mass is 32.2. The fraction of sp³-hybridized carbons (Fsp3) is 0.368. The molecule has 1 atom stereocenters. The van der Waals surface area contributed by atoms with Gasteiger partial charge in [0.25, 0.3) is 11.5 Å². The van der Waals surface area contributed by atoms with Crippen molar-refractivity contribution < 1.29 is 17.9 Å². The maximum atomic E-state index is 12.3. The summed E-state index contributed by atoms with van der Waals surface area (Å²) in [7, 11) is -2.21. The molecule has 1 amide bonds. The summed E-state index contributed by atoms with van der Waals surface area (Å²) in [5.41, 5.74) is 2.08. The van der Waals surface area contributed by atoms with Crippen LogP contribution in [-0.2, 0) is 21.3 Å². The van der Waals surface area contributed by atoms with Gasteiger partial charge in [0.15, 0.2) is 0 Å². The molecule has 152 valence electrons. The zero-order valence-corrected chi connectivity index (χ0v) is 17.1. The molecule has 1 aromatic heterocycles. The van der Waals surface area contributed by atoms with Crippen molar-refractivity contribution in [1.82, 2.24) is 15.0 Å². The number of hydrogen-bond donors (Lipinski definition) is 3. The molecule has 1 aromatic carbocycles. The number of nitrogens with one attached hydrogen (secondary N) is 3. The van der Waals surface area contributed by atoms with Crippen LogP contribution in [0.3, 0.4) is 0 Å². The van der Waals surface area contributed by atoms with E-state index in [9.17, 15) is 18.0 Å². The summed E-state index contributed by atoms with van der Waals surface area (Å²) in [6.07, 6.45) is 0. The predicted octanol–water partition coefficient (Wildman–Crippen LogP) is 1.23. The summed E-state index contributed by atoms with van der Waals surface area (Å²) in [6.45, 7) is 5.61. The number of carbonyl (C=O) groups excluding carboxylic acids is 1. The van der Waals surface area contributed by atoms with E-state index in [1.807, 2.05) is 6.07 Å². The zero-order chi connectivity index (χ0) is 20.9. The Morgan fingerprint density at radius 3 is 2.43 bits per heavy atom. The van der Waals surface area contributed by atoms with Gasteiger partial charge in [-0.1, -0.05) is 0 Å². The van der Waals surface area contributed by atoms with Gasteiger partial charge in [0.2, 0.25) is 10.0 Å². The van der Waals surface area contributed by atoms with Gasteiger partial charge >= 0.3 is 0 Å².